The number of anilines is 1. The second-order valence-corrected chi connectivity index (χ2v) is 5.70. The summed E-state index contributed by atoms with van der Waals surface area (Å²) in [6.07, 6.45) is 4.18. The van der Waals surface area contributed by atoms with Gasteiger partial charge in [0.1, 0.15) is 6.54 Å². The molecule has 2 rings (SSSR count). The predicted octanol–water partition coefficient (Wildman–Crippen LogP) is 2.43. The van der Waals surface area contributed by atoms with Crippen LogP contribution in [0.25, 0.3) is 0 Å². The third-order valence-corrected chi connectivity index (χ3v) is 4.15. The summed E-state index contributed by atoms with van der Waals surface area (Å²) in [7, 11) is 3.10. The van der Waals surface area contributed by atoms with Gasteiger partial charge in [-0.3, -0.25) is 9.59 Å². The minimum absolute atomic E-state index is 0.0561. The van der Waals surface area contributed by atoms with Crippen molar-refractivity contribution in [1.82, 2.24) is 4.90 Å². The van der Waals surface area contributed by atoms with Crippen LogP contribution in [0.3, 0.4) is 0 Å². The first-order valence-corrected chi connectivity index (χ1v) is 7.84. The number of rotatable bonds is 6. The molecule has 1 saturated carbocycles. The van der Waals surface area contributed by atoms with Gasteiger partial charge in [0.25, 0.3) is 0 Å². The SMILES string of the molecule is COc1ccc(NC(=O)CN(C(C)=O)C2CCCC2)cc1OC. The Morgan fingerprint density at radius 3 is 2.39 bits per heavy atom. The van der Waals surface area contributed by atoms with Crippen LogP contribution in [0.4, 0.5) is 5.69 Å². The van der Waals surface area contributed by atoms with E-state index in [0.29, 0.717) is 17.2 Å². The molecular weight excluding hydrogens is 296 g/mol. The fraction of sp³-hybridized carbons (Fsp3) is 0.529. The van der Waals surface area contributed by atoms with E-state index in [0.717, 1.165) is 25.7 Å². The molecule has 0 radical (unpaired) electrons. The lowest BCUT2D eigenvalue weighted by Gasteiger charge is -2.27. The highest BCUT2D eigenvalue weighted by atomic mass is 16.5. The zero-order valence-electron chi connectivity index (χ0n) is 13.9. The number of benzene rings is 1. The quantitative estimate of drug-likeness (QED) is 0.874. The lowest BCUT2D eigenvalue weighted by molar-refractivity contribution is -0.135. The largest absolute Gasteiger partial charge is 0.493 e. The van der Waals surface area contributed by atoms with Crippen LogP contribution in [0.1, 0.15) is 32.6 Å². The average molecular weight is 320 g/mol. The number of carbonyl (C=O) groups excluding carboxylic acids is 2. The smallest absolute Gasteiger partial charge is 0.244 e. The normalized spacial score (nSPS) is 14.4. The molecule has 0 aliphatic heterocycles. The molecule has 1 aliphatic carbocycles. The summed E-state index contributed by atoms with van der Waals surface area (Å²) in [4.78, 5) is 25.7. The summed E-state index contributed by atoms with van der Waals surface area (Å²) in [6, 6.07) is 5.36. The number of hydrogen-bond acceptors (Lipinski definition) is 4. The van der Waals surface area contributed by atoms with Crippen molar-refractivity contribution < 1.29 is 19.1 Å². The number of carbonyl (C=O) groups is 2. The van der Waals surface area contributed by atoms with Crippen molar-refractivity contribution in [3.63, 3.8) is 0 Å². The van der Waals surface area contributed by atoms with Crippen LogP contribution >= 0.6 is 0 Å². The molecule has 0 heterocycles. The van der Waals surface area contributed by atoms with E-state index < -0.39 is 0 Å². The van der Waals surface area contributed by atoms with Crippen molar-refractivity contribution in [1.29, 1.82) is 0 Å². The second-order valence-electron chi connectivity index (χ2n) is 5.70. The van der Waals surface area contributed by atoms with Crippen LogP contribution in [0.5, 0.6) is 11.5 Å². The zero-order chi connectivity index (χ0) is 16.8. The van der Waals surface area contributed by atoms with E-state index in [2.05, 4.69) is 5.32 Å². The Morgan fingerprint density at radius 2 is 1.83 bits per heavy atom. The van der Waals surface area contributed by atoms with E-state index in [1.807, 2.05) is 0 Å². The molecule has 0 spiro atoms. The fourth-order valence-electron chi connectivity index (χ4n) is 2.98. The Morgan fingerprint density at radius 1 is 1.17 bits per heavy atom. The summed E-state index contributed by atoms with van der Waals surface area (Å²) in [6.45, 7) is 1.59. The third-order valence-electron chi connectivity index (χ3n) is 4.15. The standard InChI is InChI=1S/C17H24N2O4/c1-12(20)19(14-6-4-5-7-14)11-17(21)18-13-8-9-15(22-2)16(10-13)23-3/h8-10,14H,4-7,11H2,1-3H3,(H,18,21). The van der Waals surface area contributed by atoms with E-state index in [4.69, 9.17) is 9.47 Å². The Hall–Kier alpha value is -2.24. The first kappa shape index (κ1) is 17.1. The predicted molar refractivity (Wildman–Crippen MR) is 87.8 cm³/mol. The topological polar surface area (TPSA) is 67.9 Å². The number of ether oxygens (including phenoxy) is 2. The number of amides is 2. The maximum atomic E-state index is 12.3. The maximum absolute atomic E-state index is 12.3. The molecule has 1 fully saturated rings. The second kappa shape index (κ2) is 7.85. The van der Waals surface area contributed by atoms with Crippen LogP contribution in [0.15, 0.2) is 18.2 Å². The third kappa shape index (κ3) is 4.37. The van der Waals surface area contributed by atoms with Crippen molar-refractivity contribution in [3.8, 4) is 11.5 Å². The van der Waals surface area contributed by atoms with Crippen LogP contribution in [0.2, 0.25) is 0 Å². The molecule has 0 saturated heterocycles. The van der Waals surface area contributed by atoms with Gasteiger partial charge < -0.3 is 19.7 Å². The molecule has 0 atom stereocenters. The first-order valence-electron chi connectivity index (χ1n) is 7.84. The van der Waals surface area contributed by atoms with Crippen molar-refractivity contribution in [2.24, 2.45) is 0 Å². The molecule has 1 aromatic carbocycles. The molecule has 6 heteroatoms. The van der Waals surface area contributed by atoms with E-state index in [1.54, 1.807) is 37.3 Å². The van der Waals surface area contributed by atoms with E-state index in [-0.39, 0.29) is 24.4 Å². The van der Waals surface area contributed by atoms with Gasteiger partial charge in [-0.15, -0.1) is 0 Å². The Balaban J connectivity index is 2.01. The minimum atomic E-state index is -0.209. The molecule has 1 aliphatic rings. The molecule has 1 aromatic rings. The van der Waals surface area contributed by atoms with E-state index in [9.17, 15) is 9.59 Å². The van der Waals surface area contributed by atoms with Gasteiger partial charge in [0, 0.05) is 24.7 Å². The number of methoxy groups -OCH3 is 2. The van der Waals surface area contributed by atoms with E-state index in [1.165, 1.54) is 6.92 Å². The molecule has 23 heavy (non-hydrogen) atoms. The van der Waals surface area contributed by atoms with E-state index >= 15 is 0 Å². The highest BCUT2D eigenvalue weighted by molar-refractivity contribution is 5.94. The van der Waals surface area contributed by atoms with Gasteiger partial charge in [-0.1, -0.05) is 12.8 Å². The molecule has 0 bridgehead atoms. The first-order chi connectivity index (χ1) is 11.0. The van der Waals surface area contributed by atoms with Gasteiger partial charge in [-0.05, 0) is 25.0 Å². The highest BCUT2D eigenvalue weighted by Crippen LogP contribution is 2.30. The highest BCUT2D eigenvalue weighted by Gasteiger charge is 2.26. The molecule has 0 unspecified atom stereocenters. The van der Waals surface area contributed by atoms with Crippen LogP contribution < -0.4 is 14.8 Å². The van der Waals surface area contributed by atoms with Crippen molar-refractivity contribution >= 4 is 17.5 Å². The molecule has 6 nitrogen and oxygen atoms in total. The van der Waals surface area contributed by atoms with Gasteiger partial charge in [0.05, 0.1) is 14.2 Å². The van der Waals surface area contributed by atoms with Crippen LogP contribution in [-0.2, 0) is 9.59 Å². The van der Waals surface area contributed by atoms with Gasteiger partial charge in [-0.2, -0.15) is 0 Å². The Bertz CT molecular complexity index is 568. The number of hydrogen-bond donors (Lipinski definition) is 1. The lowest BCUT2D eigenvalue weighted by Crippen LogP contribution is -2.42. The monoisotopic (exact) mass is 320 g/mol. The summed E-state index contributed by atoms with van der Waals surface area (Å²) in [5.74, 6) is 0.880. The summed E-state index contributed by atoms with van der Waals surface area (Å²) in [5.41, 5.74) is 0.613. The molecule has 126 valence electrons. The fourth-order valence-corrected chi connectivity index (χ4v) is 2.98. The number of nitrogens with zero attached hydrogens (tertiary/aromatic N) is 1. The van der Waals surface area contributed by atoms with Crippen LogP contribution in [0, 0.1) is 0 Å². The lowest BCUT2D eigenvalue weighted by atomic mass is 10.2. The Labute approximate surface area is 136 Å². The molecule has 1 N–H and O–H groups in total. The summed E-state index contributed by atoms with van der Waals surface area (Å²) < 4.78 is 10.4. The van der Waals surface area contributed by atoms with Gasteiger partial charge in [0.15, 0.2) is 11.5 Å². The van der Waals surface area contributed by atoms with Crippen molar-refractivity contribution in [3.05, 3.63) is 18.2 Å². The Kier molecular flexibility index (Phi) is 5.84. The van der Waals surface area contributed by atoms with Gasteiger partial charge >= 0.3 is 0 Å². The zero-order valence-corrected chi connectivity index (χ0v) is 13.9. The van der Waals surface area contributed by atoms with Crippen molar-refractivity contribution in [2.75, 3.05) is 26.1 Å². The average Bonchev–Trinajstić information content (AvgIpc) is 3.06. The summed E-state index contributed by atoms with van der Waals surface area (Å²) in [5, 5.41) is 2.81. The van der Waals surface area contributed by atoms with Gasteiger partial charge in [0.2, 0.25) is 11.8 Å². The molecule has 0 aromatic heterocycles. The number of nitrogens with one attached hydrogen (secondary N) is 1. The minimum Gasteiger partial charge on any atom is -0.493 e. The van der Waals surface area contributed by atoms with Gasteiger partial charge in [-0.25, -0.2) is 0 Å². The van der Waals surface area contributed by atoms with Crippen LogP contribution in [-0.4, -0.2) is 43.5 Å². The maximum Gasteiger partial charge on any atom is 0.244 e. The molecular formula is C17H24N2O4. The summed E-state index contributed by atoms with van der Waals surface area (Å²) >= 11 is 0. The van der Waals surface area contributed by atoms with Crippen molar-refractivity contribution in [2.45, 2.75) is 38.6 Å². The molecule has 2 amide bonds.